The van der Waals surface area contributed by atoms with Gasteiger partial charge in [0.1, 0.15) is 6.33 Å². The third kappa shape index (κ3) is 3.29. The molecule has 0 aliphatic heterocycles. The van der Waals surface area contributed by atoms with Crippen LogP contribution in [0.15, 0.2) is 55.4 Å². The Balaban J connectivity index is 1.71. The monoisotopic (exact) mass is 307 g/mol. The molecular weight excluding hydrogens is 294 g/mol. The van der Waals surface area contributed by atoms with Crippen molar-refractivity contribution in [1.29, 1.82) is 0 Å². The number of aromatic nitrogens is 4. The number of nitrogens with zero attached hydrogens (tertiary/aromatic N) is 4. The van der Waals surface area contributed by atoms with Crippen LogP contribution in [-0.4, -0.2) is 31.2 Å². The van der Waals surface area contributed by atoms with Gasteiger partial charge in [-0.2, -0.15) is 0 Å². The van der Waals surface area contributed by atoms with Crippen molar-refractivity contribution in [2.45, 2.75) is 6.92 Å². The minimum atomic E-state index is -0.293. The molecule has 114 valence electrons. The van der Waals surface area contributed by atoms with E-state index in [9.17, 15) is 9.59 Å². The average molecular weight is 307 g/mol. The minimum Gasteiger partial charge on any atom is -0.319 e. The molecule has 0 aliphatic carbocycles. The molecule has 23 heavy (non-hydrogen) atoms. The van der Waals surface area contributed by atoms with E-state index < -0.39 is 0 Å². The Morgan fingerprint density at radius 3 is 2.26 bits per heavy atom. The Morgan fingerprint density at radius 1 is 1.04 bits per heavy atom. The molecule has 3 aromatic rings. The topological polar surface area (TPSA) is 89.8 Å². The van der Waals surface area contributed by atoms with E-state index in [1.165, 1.54) is 19.3 Å². The molecule has 0 atom stereocenters. The Kier molecular flexibility index (Phi) is 3.92. The number of hydrogen-bond donors (Lipinski definition) is 1. The molecule has 0 radical (unpaired) electrons. The van der Waals surface area contributed by atoms with Crippen LogP contribution >= 0.6 is 0 Å². The van der Waals surface area contributed by atoms with Gasteiger partial charge < -0.3 is 5.32 Å². The van der Waals surface area contributed by atoms with E-state index in [2.05, 4.69) is 20.3 Å². The molecule has 0 saturated heterocycles. The number of rotatable bonds is 4. The normalized spacial score (nSPS) is 10.3. The number of imidazole rings is 1. The Morgan fingerprint density at radius 2 is 1.70 bits per heavy atom. The van der Waals surface area contributed by atoms with Crippen LogP contribution in [0.5, 0.6) is 0 Å². The number of nitrogens with one attached hydrogen (secondary N) is 1. The van der Waals surface area contributed by atoms with Gasteiger partial charge in [-0.3, -0.25) is 14.2 Å². The number of ketones is 1. The number of benzene rings is 1. The van der Waals surface area contributed by atoms with Crippen molar-refractivity contribution in [2.75, 3.05) is 5.32 Å². The first-order chi connectivity index (χ1) is 11.1. The molecule has 1 aromatic carbocycles. The van der Waals surface area contributed by atoms with Crippen molar-refractivity contribution in [3.63, 3.8) is 0 Å². The standard InChI is InChI=1S/C16H13N5O2/c1-11(22)12-2-4-13(5-3-12)15(23)20-14-8-18-16(19-9-14)21-7-6-17-10-21/h2-10H,1H3,(H,20,23). The van der Waals surface area contributed by atoms with Crippen molar-refractivity contribution in [3.8, 4) is 5.95 Å². The second kappa shape index (κ2) is 6.18. The van der Waals surface area contributed by atoms with E-state index in [-0.39, 0.29) is 11.7 Å². The number of Topliss-reactive ketones (excluding diaryl/α,β-unsaturated/α-hetero) is 1. The van der Waals surface area contributed by atoms with Crippen molar-refractivity contribution < 1.29 is 9.59 Å². The summed E-state index contributed by atoms with van der Waals surface area (Å²) < 4.78 is 1.66. The molecule has 0 fully saturated rings. The zero-order valence-corrected chi connectivity index (χ0v) is 12.3. The molecule has 1 amide bonds. The maximum Gasteiger partial charge on any atom is 0.255 e. The van der Waals surface area contributed by atoms with E-state index in [4.69, 9.17) is 0 Å². The van der Waals surface area contributed by atoms with E-state index in [0.717, 1.165) is 0 Å². The lowest BCUT2D eigenvalue weighted by Gasteiger charge is -2.06. The largest absolute Gasteiger partial charge is 0.319 e. The average Bonchev–Trinajstić information content (AvgIpc) is 3.10. The molecule has 2 aromatic heterocycles. The van der Waals surface area contributed by atoms with Crippen molar-refractivity contribution in [3.05, 3.63) is 66.5 Å². The molecule has 1 N–H and O–H groups in total. The molecule has 0 saturated carbocycles. The first kappa shape index (κ1) is 14.6. The maximum absolute atomic E-state index is 12.1. The van der Waals surface area contributed by atoms with Gasteiger partial charge in [-0.15, -0.1) is 0 Å². The summed E-state index contributed by atoms with van der Waals surface area (Å²) in [7, 11) is 0. The van der Waals surface area contributed by atoms with Crippen LogP contribution in [0.1, 0.15) is 27.6 Å². The maximum atomic E-state index is 12.1. The van der Waals surface area contributed by atoms with Gasteiger partial charge in [-0.25, -0.2) is 15.0 Å². The fraction of sp³-hybridized carbons (Fsp3) is 0.0625. The van der Waals surface area contributed by atoms with E-state index in [0.29, 0.717) is 22.8 Å². The summed E-state index contributed by atoms with van der Waals surface area (Å²) in [6, 6.07) is 6.45. The van der Waals surface area contributed by atoms with Crippen LogP contribution in [0.25, 0.3) is 5.95 Å². The third-order valence-corrected chi connectivity index (χ3v) is 3.19. The number of amides is 1. The van der Waals surface area contributed by atoms with Gasteiger partial charge in [-0.05, 0) is 19.1 Å². The smallest absolute Gasteiger partial charge is 0.255 e. The van der Waals surface area contributed by atoms with Crippen molar-refractivity contribution in [1.82, 2.24) is 19.5 Å². The van der Waals surface area contributed by atoms with Gasteiger partial charge >= 0.3 is 0 Å². The predicted octanol–water partition coefficient (Wildman–Crippen LogP) is 2.12. The first-order valence-corrected chi connectivity index (χ1v) is 6.86. The Bertz CT molecular complexity index is 824. The first-order valence-electron chi connectivity index (χ1n) is 6.86. The molecule has 0 aliphatic rings. The lowest BCUT2D eigenvalue weighted by atomic mass is 10.1. The quantitative estimate of drug-likeness (QED) is 0.746. The van der Waals surface area contributed by atoms with Crippen LogP contribution in [0.4, 0.5) is 5.69 Å². The highest BCUT2D eigenvalue weighted by molar-refractivity contribution is 6.04. The van der Waals surface area contributed by atoms with E-state index >= 15 is 0 Å². The Hall–Kier alpha value is -3.35. The lowest BCUT2D eigenvalue weighted by molar-refractivity contribution is 0.100. The highest BCUT2D eigenvalue weighted by Crippen LogP contribution is 2.10. The number of carbonyl (C=O) groups is 2. The van der Waals surface area contributed by atoms with Crippen LogP contribution in [-0.2, 0) is 0 Å². The molecule has 0 bridgehead atoms. The SMILES string of the molecule is CC(=O)c1ccc(C(=O)Nc2cnc(-n3ccnc3)nc2)cc1. The number of hydrogen-bond acceptors (Lipinski definition) is 5. The van der Waals surface area contributed by atoms with Crippen molar-refractivity contribution in [2.24, 2.45) is 0 Å². The summed E-state index contributed by atoms with van der Waals surface area (Å²) in [5.74, 6) is 0.130. The second-order valence-corrected chi connectivity index (χ2v) is 4.83. The van der Waals surface area contributed by atoms with Crippen LogP contribution in [0.3, 0.4) is 0 Å². The highest BCUT2D eigenvalue weighted by atomic mass is 16.1. The van der Waals surface area contributed by atoms with Gasteiger partial charge in [0.25, 0.3) is 5.91 Å². The fourth-order valence-electron chi connectivity index (χ4n) is 1.96. The summed E-state index contributed by atoms with van der Waals surface area (Å²) in [5.41, 5.74) is 1.50. The Labute approximate surface area is 132 Å². The zero-order chi connectivity index (χ0) is 16.2. The van der Waals surface area contributed by atoms with Crippen LogP contribution < -0.4 is 5.32 Å². The van der Waals surface area contributed by atoms with Gasteiger partial charge in [-0.1, -0.05) is 12.1 Å². The van der Waals surface area contributed by atoms with E-state index in [1.54, 1.807) is 47.6 Å². The molecular formula is C16H13N5O2. The van der Waals surface area contributed by atoms with E-state index in [1.807, 2.05) is 0 Å². The molecule has 3 rings (SSSR count). The minimum absolute atomic E-state index is 0.0413. The summed E-state index contributed by atoms with van der Waals surface area (Å²) in [4.78, 5) is 35.6. The lowest BCUT2D eigenvalue weighted by Crippen LogP contribution is -2.13. The predicted molar refractivity (Wildman–Crippen MR) is 83.6 cm³/mol. The molecule has 7 heteroatoms. The summed E-state index contributed by atoms with van der Waals surface area (Å²) in [6.07, 6.45) is 7.98. The van der Waals surface area contributed by atoms with Gasteiger partial charge in [0.05, 0.1) is 18.1 Å². The highest BCUT2D eigenvalue weighted by Gasteiger charge is 2.08. The summed E-state index contributed by atoms with van der Waals surface area (Å²) in [5, 5.41) is 2.71. The second-order valence-electron chi connectivity index (χ2n) is 4.83. The third-order valence-electron chi connectivity index (χ3n) is 3.19. The molecule has 0 unspecified atom stereocenters. The molecule has 0 spiro atoms. The number of carbonyl (C=O) groups excluding carboxylic acids is 2. The van der Waals surface area contributed by atoms with Gasteiger partial charge in [0.2, 0.25) is 5.95 Å². The fourth-order valence-corrected chi connectivity index (χ4v) is 1.96. The van der Waals surface area contributed by atoms with Crippen LogP contribution in [0.2, 0.25) is 0 Å². The number of anilines is 1. The molecule has 2 heterocycles. The molecule has 7 nitrogen and oxygen atoms in total. The van der Waals surface area contributed by atoms with Crippen LogP contribution in [0, 0.1) is 0 Å². The van der Waals surface area contributed by atoms with Gasteiger partial charge in [0, 0.05) is 23.5 Å². The zero-order valence-electron chi connectivity index (χ0n) is 12.3. The summed E-state index contributed by atoms with van der Waals surface area (Å²) in [6.45, 7) is 1.48. The summed E-state index contributed by atoms with van der Waals surface area (Å²) >= 11 is 0. The van der Waals surface area contributed by atoms with Crippen molar-refractivity contribution >= 4 is 17.4 Å². The van der Waals surface area contributed by atoms with Gasteiger partial charge in [0.15, 0.2) is 5.78 Å².